The van der Waals surface area contributed by atoms with Gasteiger partial charge in [-0.25, -0.2) is 0 Å². The number of aliphatic hydroxyl groups is 1. The maximum absolute atomic E-state index is 12.8. The molecule has 3 heterocycles. The molecule has 0 radical (unpaired) electrons. The number of furan rings is 1. The summed E-state index contributed by atoms with van der Waals surface area (Å²) in [6, 6.07) is 9.12. The molecule has 1 unspecified atom stereocenters. The van der Waals surface area contributed by atoms with Gasteiger partial charge in [0.05, 0.1) is 6.10 Å². The minimum atomic E-state index is -0.687. The smallest absolute Gasteiger partial charge is 0.287 e. The van der Waals surface area contributed by atoms with Crippen LogP contribution in [0.1, 0.15) is 53.6 Å². The van der Waals surface area contributed by atoms with E-state index in [4.69, 9.17) is 18.6 Å². The molecule has 0 aliphatic carbocycles. The number of aryl methyl sites for hydroxylation is 1. The van der Waals surface area contributed by atoms with Crippen LogP contribution in [0.25, 0.3) is 11.0 Å². The molecule has 156 valence electrons. The van der Waals surface area contributed by atoms with Gasteiger partial charge in [0, 0.05) is 29.5 Å². The number of ether oxygens (including phenoxy) is 3. The highest BCUT2D eigenvalue weighted by Crippen LogP contribution is 2.45. The summed E-state index contributed by atoms with van der Waals surface area (Å²) in [4.78, 5) is 12.8. The molecule has 7 nitrogen and oxygen atoms in total. The van der Waals surface area contributed by atoms with Crippen molar-refractivity contribution in [3.63, 3.8) is 0 Å². The van der Waals surface area contributed by atoms with E-state index >= 15 is 0 Å². The van der Waals surface area contributed by atoms with Gasteiger partial charge in [0.1, 0.15) is 16.9 Å². The standard InChI is InChI=1S/C23H23NO6/c1-12-19-16(6-7-17-20(19)14(25)9-23(2,3)30-17)29-21(12)22(26)24-10-13-4-5-15-18(8-13)28-11-27-15/h4-8,14,25H,9-11H2,1-3H3,(H,24,26). The summed E-state index contributed by atoms with van der Waals surface area (Å²) in [7, 11) is 0. The Morgan fingerprint density at radius 3 is 2.77 bits per heavy atom. The minimum Gasteiger partial charge on any atom is -0.487 e. The van der Waals surface area contributed by atoms with Crippen LogP contribution in [0.15, 0.2) is 34.7 Å². The Kier molecular flexibility index (Phi) is 4.18. The van der Waals surface area contributed by atoms with Crippen LogP contribution < -0.4 is 19.5 Å². The summed E-state index contributed by atoms with van der Waals surface area (Å²) in [6.45, 7) is 6.25. The van der Waals surface area contributed by atoms with Crippen molar-refractivity contribution in [3.8, 4) is 17.2 Å². The first-order chi connectivity index (χ1) is 14.3. The maximum Gasteiger partial charge on any atom is 0.287 e. The molecule has 2 aliphatic heterocycles. The van der Waals surface area contributed by atoms with Gasteiger partial charge in [-0.1, -0.05) is 6.07 Å². The topological polar surface area (TPSA) is 90.2 Å². The SMILES string of the molecule is Cc1c(C(=O)NCc2ccc3c(c2)OCO3)oc2ccc3c(c12)C(O)CC(C)(C)O3. The summed E-state index contributed by atoms with van der Waals surface area (Å²) in [5.41, 5.74) is 2.37. The molecule has 1 atom stereocenters. The average molecular weight is 409 g/mol. The average Bonchev–Trinajstić information content (AvgIpc) is 3.29. The Morgan fingerprint density at radius 1 is 1.17 bits per heavy atom. The minimum absolute atomic E-state index is 0.209. The first-order valence-corrected chi connectivity index (χ1v) is 9.92. The van der Waals surface area contributed by atoms with Crippen molar-refractivity contribution in [2.45, 2.75) is 45.4 Å². The molecular weight excluding hydrogens is 386 g/mol. The summed E-state index contributed by atoms with van der Waals surface area (Å²) >= 11 is 0. The van der Waals surface area contributed by atoms with E-state index in [2.05, 4.69) is 5.32 Å². The molecule has 0 spiro atoms. The third-order valence-corrected chi connectivity index (χ3v) is 5.60. The predicted molar refractivity (Wildman–Crippen MR) is 109 cm³/mol. The highest BCUT2D eigenvalue weighted by molar-refractivity contribution is 6.00. The molecule has 1 aromatic heterocycles. The fraction of sp³-hybridized carbons (Fsp3) is 0.348. The normalized spacial score (nSPS) is 18.7. The largest absolute Gasteiger partial charge is 0.487 e. The van der Waals surface area contributed by atoms with Gasteiger partial charge < -0.3 is 29.1 Å². The second kappa shape index (κ2) is 6.67. The van der Waals surface area contributed by atoms with Gasteiger partial charge in [0.25, 0.3) is 5.91 Å². The van der Waals surface area contributed by atoms with Crippen LogP contribution in [0.4, 0.5) is 0 Å². The first kappa shape index (κ1) is 18.8. The van der Waals surface area contributed by atoms with Crippen molar-refractivity contribution in [3.05, 3.63) is 52.8 Å². The number of hydrogen-bond donors (Lipinski definition) is 2. The van der Waals surface area contributed by atoms with E-state index in [1.54, 1.807) is 12.1 Å². The quantitative estimate of drug-likeness (QED) is 0.680. The molecule has 7 heteroatoms. The van der Waals surface area contributed by atoms with E-state index in [1.165, 1.54) is 0 Å². The van der Waals surface area contributed by atoms with E-state index in [-0.39, 0.29) is 18.5 Å². The van der Waals surface area contributed by atoms with E-state index in [1.807, 2.05) is 39.0 Å². The monoisotopic (exact) mass is 409 g/mol. The van der Waals surface area contributed by atoms with Crippen LogP contribution in [0, 0.1) is 6.92 Å². The van der Waals surface area contributed by atoms with E-state index < -0.39 is 11.7 Å². The molecule has 0 saturated heterocycles. The number of carbonyl (C=O) groups is 1. The highest BCUT2D eigenvalue weighted by atomic mass is 16.7. The van der Waals surface area contributed by atoms with Crippen LogP contribution in [-0.2, 0) is 6.54 Å². The molecule has 5 rings (SSSR count). The van der Waals surface area contributed by atoms with Gasteiger partial charge in [-0.2, -0.15) is 0 Å². The Labute approximate surface area is 173 Å². The van der Waals surface area contributed by atoms with Crippen molar-refractivity contribution in [2.75, 3.05) is 6.79 Å². The number of benzene rings is 2. The zero-order valence-electron chi connectivity index (χ0n) is 17.1. The molecule has 2 N–H and O–H groups in total. The van der Waals surface area contributed by atoms with Crippen LogP contribution in [0.3, 0.4) is 0 Å². The number of hydrogen-bond acceptors (Lipinski definition) is 6. The van der Waals surface area contributed by atoms with Crippen molar-refractivity contribution in [2.24, 2.45) is 0 Å². The lowest BCUT2D eigenvalue weighted by Gasteiger charge is -2.35. The van der Waals surface area contributed by atoms with Crippen molar-refractivity contribution < 1.29 is 28.5 Å². The van der Waals surface area contributed by atoms with Gasteiger partial charge >= 0.3 is 0 Å². The Morgan fingerprint density at radius 2 is 1.93 bits per heavy atom. The number of rotatable bonds is 3. The predicted octanol–water partition coefficient (Wildman–Crippen LogP) is 3.99. The van der Waals surface area contributed by atoms with Crippen molar-refractivity contribution in [1.29, 1.82) is 0 Å². The molecular formula is C23H23NO6. The number of aliphatic hydroxyl groups excluding tert-OH is 1. The lowest BCUT2D eigenvalue weighted by molar-refractivity contribution is 0.0126. The molecule has 0 saturated carbocycles. The summed E-state index contributed by atoms with van der Waals surface area (Å²) in [6.07, 6.45) is -0.219. The zero-order chi connectivity index (χ0) is 21.0. The van der Waals surface area contributed by atoms with Crippen molar-refractivity contribution in [1.82, 2.24) is 5.32 Å². The molecule has 30 heavy (non-hydrogen) atoms. The third kappa shape index (κ3) is 3.06. The second-order valence-electron chi connectivity index (χ2n) is 8.36. The Hall–Kier alpha value is -3.19. The fourth-order valence-electron chi connectivity index (χ4n) is 4.21. The van der Waals surface area contributed by atoms with Crippen LogP contribution >= 0.6 is 0 Å². The number of amides is 1. The molecule has 0 fully saturated rings. The molecule has 2 aliphatic rings. The van der Waals surface area contributed by atoms with Crippen molar-refractivity contribution >= 4 is 16.9 Å². The van der Waals surface area contributed by atoms with Crippen LogP contribution in [0.2, 0.25) is 0 Å². The lowest BCUT2D eigenvalue weighted by atomic mass is 9.89. The summed E-state index contributed by atoms with van der Waals surface area (Å²) < 4.78 is 22.6. The molecule has 0 bridgehead atoms. The van der Waals surface area contributed by atoms with Gasteiger partial charge in [-0.15, -0.1) is 0 Å². The highest BCUT2D eigenvalue weighted by Gasteiger charge is 2.35. The third-order valence-electron chi connectivity index (χ3n) is 5.60. The maximum atomic E-state index is 12.8. The summed E-state index contributed by atoms with van der Waals surface area (Å²) in [5.74, 6) is 1.91. The number of nitrogens with one attached hydrogen (secondary N) is 1. The van der Waals surface area contributed by atoms with E-state index in [9.17, 15) is 9.90 Å². The van der Waals surface area contributed by atoms with Gasteiger partial charge in [-0.05, 0) is 50.6 Å². The first-order valence-electron chi connectivity index (χ1n) is 9.92. The van der Waals surface area contributed by atoms with E-state index in [0.717, 1.165) is 10.9 Å². The van der Waals surface area contributed by atoms with Gasteiger partial charge in [0.15, 0.2) is 17.3 Å². The zero-order valence-corrected chi connectivity index (χ0v) is 17.1. The van der Waals surface area contributed by atoms with Crippen LogP contribution in [0.5, 0.6) is 17.2 Å². The molecule has 1 amide bonds. The molecule has 2 aromatic carbocycles. The summed E-state index contributed by atoms with van der Waals surface area (Å²) in [5, 5.41) is 14.4. The second-order valence-corrected chi connectivity index (χ2v) is 8.36. The van der Waals surface area contributed by atoms with E-state index in [0.29, 0.717) is 46.9 Å². The fourth-order valence-corrected chi connectivity index (χ4v) is 4.21. The Bertz CT molecular complexity index is 1160. The Balaban J connectivity index is 1.43. The van der Waals surface area contributed by atoms with Gasteiger partial charge in [0.2, 0.25) is 6.79 Å². The van der Waals surface area contributed by atoms with Crippen LogP contribution in [-0.4, -0.2) is 23.4 Å². The lowest BCUT2D eigenvalue weighted by Crippen LogP contribution is -2.34. The number of carbonyl (C=O) groups excluding carboxylic acids is 1. The number of fused-ring (bicyclic) bond motifs is 4. The van der Waals surface area contributed by atoms with Gasteiger partial charge in [-0.3, -0.25) is 4.79 Å². The molecule has 3 aromatic rings.